The lowest BCUT2D eigenvalue weighted by atomic mass is 9.90. The lowest BCUT2D eigenvalue weighted by Gasteiger charge is -2.31. The molecule has 0 fully saturated rings. The number of halogens is 1. The third-order valence-electron chi connectivity index (χ3n) is 5.65. The van der Waals surface area contributed by atoms with E-state index in [4.69, 9.17) is 25.8 Å². The van der Waals surface area contributed by atoms with Crippen molar-refractivity contribution in [3.05, 3.63) is 59.3 Å². The molecular weight excluding hydrogens is 408 g/mol. The summed E-state index contributed by atoms with van der Waals surface area (Å²) in [5.74, 6) is 0.559. The van der Waals surface area contributed by atoms with Gasteiger partial charge in [-0.3, -0.25) is 19.5 Å². The van der Waals surface area contributed by atoms with Gasteiger partial charge in [0.25, 0.3) is 0 Å². The monoisotopic (exact) mass is 426 g/mol. The summed E-state index contributed by atoms with van der Waals surface area (Å²) < 4.78 is 17.6. The zero-order valence-electron chi connectivity index (χ0n) is 16.2. The first kappa shape index (κ1) is 19.0. The summed E-state index contributed by atoms with van der Waals surface area (Å²) in [6, 6.07) is 12.3. The van der Waals surface area contributed by atoms with Crippen LogP contribution < -0.4 is 14.8 Å². The Balaban J connectivity index is 1.75. The van der Waals surface area contributed by atoms with Crippen molar-refractivity contribution in [3.8, 4) is 11.5 Å². The van der Waals surface area contributed by atoms with Crippen LogP contribution in [0.1, 0.15) is 27.7 Å². The van der Waals surface area contributed by atoms with E-state index in [1.165, 1.54) is 7.11 Å². The molecule has 2 aromatic carbocycles. The summed E-state index contributed by atoms with van der Waals surface area (Å²) in [4.78, 5) is 25.3. The van der Waals surface area contributed by atoms with Crippen LogP contribution in [-0.4, -0.2) is 42.3 Å². The van der Waals surface area contributed by atoms with Crippen molar-refractivity contribution < 1.29 is 23.8 Å². The summed E-state index contributed by atoms with van der Waals surface area (Å²) in [7, 11) is 1.37. The topological polar surface area (TPSA) is 78.8 Å². The highest BCUT2D eigenvalue weighted by Crippen LogP contribution is 2.41. The van der Waals surface area contributed by atoms with Crippen LogP contribution >= 0.6 is 11.6 Å². The van der Waals surface area contributed by atoms with Crippen molar-refractivity contribution in [1.29, 1.82) is 0 Å². The maximum absolute atomic E-state index is 12.9. The molecular formula is C22H19ClN2O5. The second-order valence-electron chi connectivity index (χ2n) is 7.24. The highest BCUT2D eigenvalue weighted by Gasteiger charge is 2.38. The van der Waals surface area contributed by atoms with Crippen LogP contribution in [0.4, 0.5) is 0 Å². The number of nitrogens with one attached hydrogen (secondary N) is 1. The molecule has 7 nitrogen and oxygen atoms in total. The Labute approximate surface area is 177 Å². The van der Waals surface area contributed by atoms with E-state index < -0.39 is 12.1 Å². The van der Waals surface area contributed by atoms with Crippen LogP contribution in [-0.2, 0) is 16.0 Å². The van der Waals surface area contributed by atoms with Crippen LogP contribution in [0.15, 0.2) is 42.5 Å². The summed E-state index contributed by atoms with van der Waals surface area (Å²) in [6.07, 6.45) is 0.409. The zero-order chi connectivity index (χ0) is 20.8. The molecule has 3 heterocycles. The Bertz CT molecular complexity index is 1170. The third-order valence-corrected chi connectivity index (χ3v) is 5.88. The van der Waals surface area contributed by atoms with Crippen molar-refractivity contribution in [3.63, 3.8) is 0 Å². The van der Waals surface area contributed by atoms with Gasteiger partial charge >= 0.3 is 5.97 Å². The molecule has 2 atom stereocenters. The van der Waals surface area contributed by atoms with Gasteiger partial charge in [0, 0.05) is 11.8 Å². The Hall–Kier alpha value is -3.03. The Morgan fingerprint density at radius 2 is 2.00 bits per heavy atom. The number of rotatable bonds is 3. The molecule has 1 N–H and O–H groups in total. The smallest absolute Gasteiger partial charge is 0.323 e. The van der Waals surface area contributed by atoms with Gasteiger partial charge in [-0.15, -0.1) is 11.6 Å². The molecule has 2 aliphatic rings. The number of carbonyl (C=O) groups is 2. The number of benzene rings is 2. The second kappa shape index (κ2) is 7.34. The minimum atomic E-state index is -0.553. The van der Waals surface area contributed by atoms with Gasteiger partial charge in [0.2, 0.25) is 12.7 Å². The number of fused-ring (bicyclic) bond motifs is 4. The first-order valence-electron chi connectivity index (χ1n) is 9.57. The maximum atomic E-state index is 12.9. The molecule has 30 heavy (non-hydrogen) atoms. The van der Waals surface area contributed by atoms with Crippen molar-refractivity contribution in [2.75, 3.05) is 19.8 Å². The predicted molar refractivity (Wildman–Crippen MR) is 110 cm³/mol. The van der Waals surface area contributed by atoms with E-state index in [9.17, 15) is 9.59 Å². The fourth-order valence-electron chi connectivity index (χ4n) is 4.36. The van der Waals surface area contributed by atoms with E-state index in [2.05, 4.69) is 5.32 Å². The number of methoxy groups -OCH3 is 1. The predicted octanol–water partition coefficient (Wildman–Crippen LogP) is 3.03. The van der Waals surface area contributed by atoms with Crippen LogP contribution in [0.2, 0.25) is 0 Å². The fourth-order valence-corrected chi connectivity index (χ4v) is 4.48. The molecule has 2 aliphatic heterocycles. The number of hydrogen-bond donors (Lipinski definition) is 1. The van der Waals surface area contributed by atoms with Gasteiger partial charge in [-0.05, 0) is 29.3 Å². The lowest BCUT2D eigenvalue weighted by molar-refractivity contribution is -0.143. The van der Waals surface area contributed by atoms with Gasteiger partial charge in [-0.1, -0.05) is 24.3 Å². The van der Waals surface area contributed by atoms with E-state index in [1.54, 1.807) is 4.57 Å². The molecule has 0 aliphatic carbocycles. The molecule has 154 valence electrons. The largest absolute Gasteiger partial charge is 0.468 e. The Morgan fingerprint density at radius 1 is 1.20 bits per heavy atom. The summed E-state index contributed by atoms with van der Waals surface area (Å²) >= 11 is 5.96. The number of carbonyl (C=O) groups excluding carboxylic acids is 2. The van der Waals surface area contributed by atoms with Crippen LogP contribution in [0, 0.1) is 0 Å². The minimum Gasteiger partial charge on any atom is -0.468 e. The van der Waals surface area contributed by atoms with E-state index in [-0.39, 0.29) is 24.5 Å². The van der Waals surface area contributed by atoms with Crippen molar-refractivity contribution >= 4 is 34.4 Å². The highest BCUT2D eigenvalue weighted by molar-refractivity contribution is 6.28. The van der Waals surface area contributed by atoms with Crippen molar-refractivity contribution in [1.82, 2.24) is 9.88 Å². The number of aromatic nitrogens is 1. The molecule has 3 aromatic rings. The molecule has 0 amide bonds. The Morgan fingerprint density at radius 3 is 2.80 bits per heavy atom. The zero-order valence-corrected chi connectivity index (χ0v) is 16.9. The number of ether oxygens (including phenoxy) is 3. The molecule has 0 saturated heterocycles. The average Bonchev–Trinajstić information content (AvgIpc) is 3.39. The maximum Gasteiger partial charge on any atom is 0.323 e. The molecule has 0 bridgehead atoms. The van der Waals surface area contributed by atoms with Crippen LogP contribution in [0.5, 0.6) is 11.5 Å². The van der Waals surface area contributed by atoms with Crippen LogP contribution in [0.25, 0.3) is 10.9 Å². The molecule has 0 saturated carbocycles. The van der Waals surface area contributed by atoms with Crippen molar-refractivity contribution in [2.24, 2.45) is 0 Å². The van der Waals surface area contributed by atoms with E-state index in [0.29, 0.717) is 17.9 Å². The normalized spacial score (nSPS) is 19.5. The molecule has 8 heteroatoms. The van der Waals surface area contributed by atoms with E-state index in [0.717, 1.165) is 27.7 Å². The first-order chi connectivity index (χ1) is 14.6. The van der Waals surface area contributed by atoms with Gasteiger partial charge in [-0.25, -0.2) is 0 Å². The van der Waals surface area contributed by atoms with Gasteiger partial charge < -0.3 is 14.2 Å². The van der Waals surface area contributed by atoms with Gasteiger partial charge in [-0.2, -0.15) is 0 Å². The summed E-state index contributed by atoms with van der Waals surface area (Å²) in [5, 5.41) is 4.28. The number of esters is 1. The second-order valence-corrected chi connectivity index (χ2v) is 7.50. The van der Waals surface area contributed by atoms with E-state index >= 15 is 0 Å². The summed E-state index contributed by atoms with van der Waals surface area (Å²) in [5.41, 5.74) is 3.33. The SMILES string of the molecule is COC(=O)[C@H]1Cc2c(n(C(=O)CCl)c3ccccc23)[C@@H](c2ccc3c(c2)OCO3)N1. The number of para-hydroxylation sites is 1. The molecule has 0 unspecified atom stereocenters. The molecule has 0 radical (unpaired) electrons. The van der Waals surface area contributed by atoms with E-state index in [1.807, 2.05) is 42.5 Å². The van der Waals surface area contributed by atoms with Crippen molar-refractivity contribution in [2.45, 2.75) is 18.5 Å². The highest BCUT2D eigenvalue weighted by atomic mass is 35.5. The number of alkyl halides is 1. The standard InChI is InChI=1S/C22H19ClN2O5/c1-28-22(27)15-9-14-13-4-2-3-5-16(13)25(19(26)10-23)21(14)20(24-15)12-6-7-17-18(8-12)30-11-29-17/h2-8,15,20,24H,9-11H2,1H3/t15-,20-/m1/s1. The molecule has 5 rings (SSSR count). The number of nitrogens with zero attached hydrogens (tertiary/aromatic N) is 1. The third kappa shape index (κ3) is 2.85. The molecule has 1 aromatic heterocycles. The molecule has 0 spiro atoms. The quantitative estimate of drug-likeness (QED) is 0.512. The van der Waals surface area contributed by atoms with Gasteiger partial charge in [0.15, 0.2) is 11.5 Å². The van der Waals surface area contributed by atoms with Gasteiger partial charge in [0.05, 0.1) is 24.4 Å². The Kier molecular flexibility index (Phi) is 4.64. The first-order valence-corrected chi connectivity index (χ1v) is 10.1. The minimum absolute atomic E-state index is 0.153. The van der Waals surface area contributed by atoms with Crippen LogP contribution in [0.3, 0.4) is 0 Å². The van der Waals surface area contributed by atoms with Gasteiger partial charge in [0.1, 0.15) is 11.9 Å². The number of hydrogen-bond acceptors (Lipinski definition) is 6. The fraction of sp³-hybridized carbons (Fsp3) is 0.273. The average molecular weight is 427 g/mol. The summed E-state index contributed by atoms with van der Waals surface area (Å²) in [6.45, 7) is 0.165. The lowest BCUT2D eigenvalue weighted by Crippen LogP contribution is -2.46.